The number of rotatable bonds is 5. The molecule has 118 valence electrons. The van der Waals surface area contributed by atoms with Gasteiger partial charge in [0.15, 0.2) is 0 Å². The van der Waals surface area contributed by atoms with Gasteiger partial charge in [-0.3, -0.25) is 9.69 Å². The van der Waals surface area contributed by atoms with Crippen molar-refractivity contribution in [1.29, 1.82) is 0 Å². The first-order valence-corrected chi connectivity index (χ1v) is 7.51. The Balaban J connectivity index is 0.00000220. The van der Waals surface area contributed by atoms with Crippen molar-refractivity contribution in [1.82, 2.24) is 10.2 Å². The summed E-state index contributed by atoms with van der Waals surface area (Å²) in [7, 11) is 0. The van der Waals surface area contributed by atoms with E-state index in [2.05, 4.69) is 16.3 Å². The fourth-order valence-electron chi connectivity index (χ4n) is 2.65. The second kappa shape index (κ2) is 9.26. The molecule has 3 N–H and O–H groups in total. The van der Waals surface area contributed by atoms with E-state index in [4.69, 9.17) is 17.3 Å². The molecule has 4 nitrogen and oxygen atoms in total. The largest absolute Gasteiger partial charge is 0.355 e. The van der Waals surface area contributed by atoms with E-state index in [-0.39, 0.29) is 24.2 Å². The van der Waals surface area contributed by atoms with Crippen molar-refractivity contribution in [3.63, 3.8) is 0 Å². The van der Waals surface area contributed by atoms with Crippen LogP contribution in [0.25, 0.3) is 0 Å². The first-order valence-electron chi connectivity index (χ1n) is 7.13. The van der Waals surface area contributed by atoms with E-state index in [0.29, 0.717) is 13.1 Å². The minimum atomic E-state index is 0. The van der Waals surface area contributed by atoms with Gasteiger partial charge < -0.3 is 11.1 Å². The Morgan fingerprint density at radius 3 is 3.00 bits per heavy atom. The van der Waals surface area contributed by atoms with Crippen LogP contribution >= 0.6 is 24.0 Å². The van der Waals surface area contributed by atoms with Gasteiger partial charge in [-0.25, -0.2) is 0 Å². The normalized spacial score (nSPS) is 18.9. The lowest BCUT2D eigenvalue weighted by molar-refractivity contribution is -0.126. The van der Waals surface area contributed by atoms with Crippen molar-refractivity contribution in [2.45, 2.75) is 19.4 Å². The number of piperidine rings is 1. The Hall–Kier alpha value is -0.810. The van der Waals surface area contributed by atoms with Gasteiger partial charge in [-0.15, -0.1) is 12.4 Å². The lowest BCUT2D eigenvalue weighted by Gasteiger charge is -2.32. The third kappa shape index (κ3) is 5.83. The molecule has 0 aromatic heterocycles. The number of amides is 1. The van der Waals surface area contributed by atoms with Crippen LogP contribution in [0.15, 0.2) is 24.3 Å². The monoisotopic (exact) mass is 331 g/mol. The summed E-state index contributed by atoms with van der Waals surface area (Å²) in [6, 6.07) is 7.90. The van der Waals surface area contributed by atoms with Gasteiger partial charge >= 0.3 is 0 Å². The lowest BCUT2D eigenvalue weighted by Crippen LogP contribution is -2.43. The standard InChI is InChI=1S/C15H22ClN3O.ClH/c16-14-5-1-3-12(9-14)10-19-8-2-4-13(11-19)15(20)18-7-6-17;/h1,3,5,9,13H,2,4,6-8,10-11,17H2,(H,18,20);1H. The number of carbonyl (C=O) groups is 1. The van der Waals surface area contributed by atoms with Crippen molar-refractivity contribution >= 4 is 29.9 Å². The van der Waals surface area contributed by atoms with Crippen molar-refractivity contribution in [3.8, 4) is 0 Å². The van der Waals surface area contributed by atoms with Crippen LogP contribution < -0.4 is 11.1 Å². The Labute approximate surface area is 137 Å². The first kappa shape index (κ1) is 18.2. The molecule has 6 heteroatoms. The topological polar surface area (TPSA) is 58.4 Å². The van der Waals surface area contributed by atoms with Crippen LogP contribution in [0.1, 0.15) is 18.4 Å². The van der Waals surface area contributed by atoms with Gasteiger partial charge in [-0.05, 0) is 37.1 Å². The van der Waals surface area contributed by atoms with E-state index in [0.717, 1.165) is 37.5 Å². The second-order valence-electron chi connectivity index (χ2n) is 5.28. The zero-order valence-corrected chi connectivity index (χ0v) is 13.6. The summed E-state index contributed by atoms with van der Waals surface area (Å²) in [4.78, 5) is 14.3. The molecular weight excluding hydrogens is 309 g/mol. The maximum absolute atomic E-state index is 12.0. The molecular formula is C15H23Cl2N3O. The van der Waals surface area contributed by atoms with Gasteiger partial charge in [-0.1, -0.05) is 23.7 Å². The molecule has 1 aliphatic heterocycles. The Morgan fingerprint density at radius 1 is 1.48 bits per heavy atom. The molecule has 1 fully saturated rings. The quantitative estimate of drug-likeness (QED) is 0.868. The highest BCUT2D eigenvalue weighted by molar-refractivity contribution is 6.30. The zero-order valence-electron chi connectivity index (χ0n) is 12.1. The molecule has 2 rings (SSSR count). The van der Waals surface area contributed by atoms with Gasteiger partial charge in [0.2, 0.25) is 5.91 Å². The number of nitrogens with two attached hydrogens (primary N) is 1. The van der Waals surface area contributed by atoms with E-state index in [9.17, 15) is 4.79 Å². The molecule has 1 aromatic carbocycles. The third-order valence-electron chi connectivity index (χ3n) is 3.62. The van der Waals surface area contributed by atoms with Crippen molar-refractivity contribution in [2.24, 2.45) is 11.7 Å². The first-order chi connectivity index (χ1) is 9.69. The number of nitrogens with zero attached hydrogens (tertiary/aromatic N) is 1. The van der Waals surface area contributed by atoms with E-state index in [1.165, 1.54) is 5.56 Å². The van der Waals surface area contributed by atoms with E-state index in [1.54, 1.807) is 0 Å². The molecule has 0 bridgehead atoms. The molecule has 21 heavy (non-hydrogen) atoms. The molecule has 1 unspecified atom stereocenters. The number of carbonyl (C=O) groups excluding carboxylic acids is 1. The molecule has 1 aliphatic rings. The SMILES string of the molecule is Cl.NCCNC(=O)C1CCCN(Cc2cccc(Cl)c2)C1. The van der Waals surface area contributed by atoms with Crippen LogP contribution in [-0.2, 0) is 11.3 Å². The Bertz CT molecular complexity index is 456. The summed E-state index contributed by atoms with van der Waals surface area (Å²) in [6.07, 6.45) is 2.02. The summed E-state index contributed by atoms with van der Waals surface area (Å²) in [5.74, 6) is 0.209. The molecule has 1 saturated heterocycles. The number of benzene rings is 1. The summed E-state index contributed by atoms with van der Waals surface area (Å²) in [5, 5.41) is 3.64. The molecule has 0 spiro atoms. The number of nitrogens with one attached hydrogen (secondary N) is 1. The van der Waals surface area contributed by atoms with Crippen molar-refractivity contribution in [2.75, 3.05) is 26.2 Å². The molecule has 0 radical (unpaired) electrons. The number of hydrogen-bond acceptors (Lipinski definition) is 3. The molecule has 0 saturated carbocycles. The van der Waals surface area contributed by atoms with Crippen LogP contribution in [-0.4, -0.2) is 37.0 Å². The maximum Gasteiger partial charge on any atom is 0.224 e. The van der Waals surface area contributed by atoms with Crippen LogP contribution in [0.3, 0.4) is 0 Å². The minimum Gasteiger partial charge on any atom is -0.355 e. The highest BCUT2D eigenvalue weighted by atomic mass is 35.5. The van der Waals surface area contributed by atoms with Crippen LogP contribution in [0, 0.1) is 5.92 Å². The number of likely N-dealkylation sites (tertiary alicyclic amines) is 1. The average molecular weight is 332 g/mol. The summed E-state index contributed by atoms with van der Waals surface area (Å²) >= 11 is 6.00. The number of hydrogen-bond donors (Lipinski definition) is 2. The van der Waals surface area contributed by atoms with Crippen LogP contribution in [0.5, 0.6) is 0 Å². The smallest absolute Gasteiger partial charge is 0.224 e. The van der Waals surface area contributed by atoms with E-state index < -0.39 is 0 Å². The van der Waals surface area contributed by atoms with E-state index in [1.807, 2.05) is 18.2 Å². The second-order valence-corrected chi connectivity index (χ2v) is 5.72. The predicted octanol–water partition coefficient (Wildman–Crippen LogP) is 2.05. The molecule has 1 aromatic rings. The van der Waals surface area contributed by atoms with Gasteiger partial charge in [0.05, 0.1) is 5.92 Å². The summed E-state index contributed by atoms with van der Waals surface area (Å²) < 4.78 is 0. The maximum atomic E-state index is 12.0. The molecule has 1 heterocycles. The summed E-state index contributed by atoms with van der Waals surface area (Å²) in [5.41, 5.74) is 6.61. The zero-order chi connectivity index (χ0) is 14.4. The Morgan fingerprint density at radius 2 is 2.29 bits per heavy atom. The fourth-order valence-corrected chi connectivity index (χ4v) is 2.86. The average Bonchev–Trinajstić information content (AvgIpc) is 2.45. The highest BCUT2D eigenvalue weighted by Crippen LogP contribution is 2.20. The molecule has 1 atom stereocenters. The van der Waals surface area contributed by atoms with Gasteiger partial charge in [0.1, 0.15) is 0 Å². The fraction of sp³-hybridized carbons (Fsp3) is 0.533. The predicted molar refractivity (Wildman–Crippen MR) is 88.8 cm³/mol. The lowest BCUT2D eigenvalue weighted by atomic mass is 9.96. The minimum absolute atomic E-state index is 0. The van der Waals surface area contributed by atoms with Crippen LogP contribution in [0.2, 0.25) is 5.02 Å². The van der Waals surface area contributed by atoms with Crippen molar-refractivity contribution in [3.05, 3.63) is 34.9 Å². The third-order valence-corrected chi connectivity index (χ3v) is 3.85. The van der Waals surface area contributed by atoms with Gasteiger partial charge in [-0.2, -0.15) is 0 Å². The van der Waals surface area contributed by atoms with E-state index >= 15 is 0 Å². The molecule has 1 amide bonds. The van der Waals surface area contributed by atoms with Crippen molar-refractivity contribution < 1.29 is 4.79 Å². The summed E-state index contributed by atoms with van der Waals surface area (Å²) in [6.45, 7) is 3.74. The van der Waals surface area contributed by atoms with Gasteiger partial charge in [0.25, 0.3) is 0 Å². The Kier molecular flexibility index (Phi) is 8.04. The van der Waals surface area contributed by atoms with Gasteiger partial charge in [0, 0.05) is 31.2 Å². The number of halogens is 2. The van der Waals surface area contributed by atoms with Crippen LogP contribution in [0.4, 0.5) is 0 Å². The molecule has 0 aliphatic carbocycles. The highest BCUT2D eigenvalue weighted by Gasteiger charge is 2.25.